The summed E-state index contributed by atoms with van der Waals surface area (Å²) in [6.07, 6.45) is 0.0988. The van der Waals surface area contributed by atoms with Crippen molar-refractivity contribution < 1.29 is 23.9 Å². The van der Waals surface area contributed by atoms with Gasteiger partial charge in [-0.2, -0.15) is 0 Å². The van der Waals surface area contributed by atoms with Gasteiger partial charge in [0.15, 0.2) is 12.4 Å². The highest BCUT2D eigenvalue weighted by Gasteiger charge is 2.23. The van der Waals surface area contributed by atoms with Crippen LogP contribution in [0.15, 0.2) is 42.5 Å². The van der Waals surface area contributed by atoms with Gasteiger partial charge in [-0.15, -0.1) is 0 Å². The summed E-state index contributed by atoms with van der Waals surface area (Å²) in [7, 11) is 1.64. The van der Waals surface area contributed by atoms with Gasteiger partial charge in [0.2, 0.25) is 5.91 Å². The Morgan fingerprint density at radius 2 is 1.96 bits per heavy atom. The van der Waals surface area contributed by atoms with Crippen molar-refractivity contribution in [3.05, 3.63) is 48.0 Å². The molecule has 2 aromatic rings. The maximum atomic E-state index is 12.5. The molecule has 7 heteroatoms. The minimum absolute atomic E-state index is 0.0137. The average molecular weight is 382 g/mol. The van der Waals surface area contributed by atoms with Crippen molar-refractivity contribution in [1.29, 1.82) is 0 Å². The Labute approximate surface area is 163 Å². The van der Waals surface area contributed by atoms with E-state index < -0.39 is 0 Å². The topological polar surface area (TPSA) is 84.9 Å². The smallest absolute Gasteiger partial charge is 0.264 e. The van der Waals surface area contributed by atoms with Gasteiger partial charge < -0.3 is 19.7 Å². The number of para-hydroxylation sites is 2. The van der Waals surface area contributed by atoms with E-state index in [2.05, 4.69) is 5.32 Å². The van der Waals surface area contributed by atoms with Crippen LogP contribution in [0.4, 0.5) is 11.4 Å². The molecule has 0 bridgehead atoms. The Bertz CT molecular complexity index is 909. The highest BCUT2D eigenvalue weighted by atomic mass is 16.5. The number of amides is 2. The number of benzene rings is 2. The van der Waals surface area contributed by atoms with Crippen LogP contribution in [0.2, 0.25) is 0 Å². The number of carbonyl (C=O) groups is 3. The third kappa shape index (κ3) is 4.31. The van der Waals surface area contributed by atoms with Gasteiger partial charge in [0, 0.05) is 25.5 Å². The van der Waals surface area contributed by atoms with Gasteiger partial charge >= 0.3 is 0 Å². The highest BCUT2D eigenvalue weighted by molar-refractivity contribution is 6.03. The van der Waals surface area contributed by atoms with E-state index >= 15 is 0 Å². The molecule has 1 aliphatic heterocycles. The number of hydrogen-bond donors (Lipinski definition) is 1. The Morgan fingerprint density at radius 3 is 2.75 bits per heavy atom. The molecule has 0 spiro atoms. The van der Waals surface area contributed by atoms with Crippen LogP contribution >= 0.6 is 0 Å². The predicted molar refractivity (Wildman–Crippen MR) is 105 cm³/mol. The van der Waals surface area contributed by atoms with Crippen molar-refractivity contribution in [2.24, 2.45) is 0 Å². The molecule has 0 fully saturated rings. The molecule has 28 heavy (non-hydrogen) atoms. The van der Waals surface area contributed by atoms with Crippen LogP contribution in [0.1, 0.15) is 30.1 Å². The number of ether oxygens (including phenoxy) is 2. The van der Waals surface area contributed by atoms with Crippen LogP contribution < -0.4 is 19.7 Å². The molecular weight excluding hydrogens is 360 g/mol. The molecule has 0 atom stereocenters. The lowest BCUT2D eigenvalue weighted by molar-refractivity contribution is -0.121. The zero-order valence-corrected chi connectivity index (χ0v) is 15.9. The van der Waals surface area contributed by atoms with Crippen LogP contribution in [0.25, 0.3) is 0 Å². The first-order valence-electron chi connectivity index (χ1n) is 9.08. The number of nitrogens with zero attached hydrogens (tertiary/aromatic N) is 1. The van der Waals surface area contributed by atoms with Crippen LogP contribution in [0, 0.1) is 0 Å². The predicted octanol–water partition coefficient (Wildman–Crippen LogP) is 3.04. The fraction of sp³-hybridized carbons (Fsp3) is 0.286. The molecule has 3 rings (SSSR count). The molecule has 7 nitrogen and oxygen atoms in total. The van der Waals surface area contributed by atoms with E-state index in [1.165, 1.54) is 4.90 Å². The number of ketones is 1. The molecule has 0 aliphatic carbocycles. The molecule has 1 N–H and O–H groups in total. The maximum Gasteiger partial charge on any atom is 0.264 e. The maximum absolute atomic E-state index is 12.5. The normalized spacial score (nSPS) is 12.8. The summed E-state index contributed by atoms with van der Waals surface area (Å²) in [6.45, 7) is 2.34. The average Bonchev–Trinajstić information content (AvgIpc) is 2.70. The van der Waals surface area contributed by atoms with E-state index in [-0.39, 0.29) is 37.0 Å². The lowest BCUT2D eigenvalue weighted by Gasteiger charge is -2.26. The van der Waals surface area contributed by atoms with Gasteiger partial charge in [-0.3, -0.25) is 14.4 Å². The first kappa shape index (κ1) is 19.4. The first-order chi connectivity index (χ1) is 13.5. The van der Waals surface area contributed by atoms with Crippen molar-refractivity contribution in [2.45, 2.75) is 19.8 Å². The number of hydrogen-bond acceptors (Lipinski definition) is 5. The van der Waals surface area contributed by atoms with Crippen molar-refractivity contribution in [1.82, 2.24) is 0 Å². The number of likely N-dealkylation sites (N-methyl/N-ethyl adjacent to an activating group) is 1. The number of Topliss-reactive ketones (excluding diaryl/α,β-unsaturated/α-hetero) is 1. The van der Waals surface area contributed by atoms with Gasteiger partial charge in [0.1, 0.15) is 11.5 Å². The summed E-state index contributed by atoms with van der Waals surface area (Å²) in [6, 6.07) is 12.1. The van der Waals surface area contributed by atoms with Crippen molar-refractivity contribution in [2.75, 3.05) is 30.5 Å². The molecule has 0 saturated carbocycles. The van der Waals surface area contributed by atoms with Gasteiger partial charge in [-0.05, 0) is 37.3 Å². The fourth-order valence-corrected chi connectivity index (χ4v) is 2.88. The Morgan fingerprint density at radius 1 is 1.18 bits per heavy atom. The van der Waals surface area contributed by atoms with E-state index in [9.17, 15) is 14.4 Å². The van der Waals surface area contributed by atoms with Gasteiger partial charge in [0.25, 0.3) is 5.91 Å². The minimum Gasteiger partial charge on any atom is -0.492 e. The molecule has 0 aromatic heterocycles. The molecule has 0 saturated heterocycles. The Balaban J connectivity index is 1.62. The largest absolute Gasteiger partial charge is 0.492 e. The summed E-state index contributed by atoms with van der Waals surface area (Å²) in [5.74, 6) is 0.525. The van der Waals surface area contributed by atoms with Crippen molar-refractivity contribution >= 4 is 29.0 Å². The number of fused-ring (bicyclic) bond motifs is 1. The van der Waals surface area contributed by atoms with Gasteiger partial charge in [-0.25, -0.2) is 0 Å². The van der Waals surface area contributed by atoms with E-state index in [4.69, 9.17) is 9.47 Å². The fourth-order valence-electron chi connectivity index (χ4n) is 2.88. The molecule has 1 aliphatic rings. The molecule has 1 heterocycles. The second kappa shape index (κ2) is 8.56. The van der Waals surface area contributed by atoms with E-state index in [1.807, 2.05) is 13.0 Å². The SMILES string of the molecule is CCOc1ccccc1NC(=O)CCC(=O)c1ccc2c(c1)N(C)C(=O)CO2. The summed E-state index contributed by atoms with van der Waals surface area (Å²) < 4.78 is 10.8. The van der Waals surface area contributed by atoms with Gasteiger partial charge in [-0.1, -0.05) is 12.1 Å². The lowest BCUT2D eigenvalue weighted by atomic mass is 10.0. The number of rotatable bonds is 7. The van der Waals surface area contributed by atoms with E-state index in [0.717, 1.165) is 0 Å². The highest BCUT2D eigenvalue weighted by Crippen LogP contribution is 2.32. The molecule has 146 valence electrons. The third-order valence-corrected chi connectivity index (χ3v) is 4.41. The van der Waals surface area contributed by atoms with E-state index in [0.29, 0.717) is 35.0 Å². The van der Waals surface area contributed by atoms with Gasteiger partial charge in [0.05, 0.1) is 18.0 Å². The van der Waals surface area contributed by atoms with Crippen molar-refractivity contribution in [3.8, 4) is 11.5 Å². The summed E-state index contributed by atoms with van der Waals surface area (Å²) in [4.78, 5) is 38.0. The number of nitrogens with one attached hydrogen (secondary N) is 1. The second-order valence-electron chi connectivity index (χ2n) is 6.32. The molecule has 0 radical (unpaired) electrons. The minimum atomic E-state index is -0.269. The first-order valence-corrected chi connectivity index (χ1v) is 9.08. The Hall–Kier alpha value is -3.35. The molecule has 2 aromatic carbocycles. The number of anilines is 2. The number of carbonyl (C=O) groups excluding carboxylic acids is 3. The third-order valence-electron chi connectivity index (χ3n) is 4.41. The van der Waals surface area contributed by atoms with Crippen molar-refractivity contribution in [3.63, 3.8) is 0 Å². The quantitative estimate of drug-likeness (QED) is 0.744. The van der Waals surface area contributed by atoms with E-state index in [1.54, 1.807) is 43.4 Å². The zero-order valence-electron chi connectivity index (χ0n) is 15.9. The van der Waals surface area contributed by atoms with Crippen LogP contribution in [0.5, 0.6) is 11.5 Å². The molecular formula is C21H22N2O5. The van der Waals surface area contributed by atoms with Crippen LogP contribution in [-0.2, 0) is 9.59 Å². The zero-order chi connectivity index (χ0) is 20.1. The molecule has 0 unspecified atom stereocenters. The van der Waals surface area contributed by atoms with Crippen LogP contribution in [-0.4, -0.2) is 37.9 Å². The standard InChI is InChI=1S/C21H22N2O5/c1-3-27-18-7-5-4-6-15(18)22-20(25)11-9-17(24)14-8-10-19-16(12-14)23(2)21(26)13-28-19/h4-8,10,12H,3,9,11,13H2,1-2H3,(H,22,25). The summed E-state index contributed by atoms with van der Waals surface area (Å²) in [5, 5.41) is 2.78. The summed E-state index contributed by atoms with van der Waals surface area (Å²) in [5.41, 5.74) is 1.57. The Kier molecular flexibility index (Phi) is 5.93. The van der Waals surface area contributed by atoms with Crippen LogP contribution in [0.3, 0.4) is 0 Å². The monoisotopic (exact) mass is 382 g/mol. The second-order valence-corrected chi connectivity index (χ2v) is 6.32. The summed E-state index contributed by atoms with van der Waals surface area (Å²) >= 11 is 0. The lowest BCUT2D eigenvalue weighted by Crippen LogP contribution is -2.35. The molecule has 2 amide bonds.